The van der Waals surface area contributed by atoms with E-state index in [1.54, 1.807) is 32.4 Å². The topological polar surface area (TPSA) is 68.8 Å². The third-order valence-electron chi connectivity index (χ3n) is 2.92. The number of methoxy groups -OCH3 is 2. The molecule has 0 saturated carbocycles. The van der Waals surface area contributed by atoms with Gasteiger partial charge >= 0.3 is 6.09 Å². The van der Waals surface area contributed by atoms with Gasteiger partial charge in [-0.2, -0.15) is 0 Å². The number of ether oxygens (including phenoxy) is 3. The molecule has 2 rings (SSSR count). The summed E-state index contributed by atoms with van der Waals surface area (Å²) in [7, 11) is 3.09. The molecule has 0 radical (unpaired) electrons. The van der Waals surface area contributed by atoms with E-state index in [4.69, 9.17) is 14.2 Å². The lowest BCUT2D eigenvalue weighted by molar-refractivity contribution is 0.196. The smallest absolute Gasteiger partial charge is 0.412 e. The summed E-state index contributed by atoms with van der Waals surface area (Å²) in [4.78, 5) is 11.7. The summed E-state index contributed by atoms with van der Waals surface area (Å²) >= 11 is 0. The van der Waals surface area contributed by atoms with Gasteiger partial charge in [-0.25, -0.2) is 4.79 Å². The van der Waals surface area contributed by atoms with E-state index in [0.29, 0.717) is 17.2 Å². The Hall–Kier alpha value is -1.95. The first-order valence-corrected chi connectivity index (χ1v) is 6.13. The third kappa shape index (κ3) is 3.75. The fourth-order valence-corrected chi connectivity index (χ4v) is 1.92. The molecular formula is C13H18N2O4. The zero-order valence-electron chi connectivity index (χ0n) is 11.1. The molecule has 1 unspecified atom stereocenters. The average Bonchev–Trinajstić information content (AvgIpc) is 2.90. The van der Waals surface area contributed by atoms with Gasteiger partial charge in [0.25, 0.3) is 0 Å². The molecule has 1 amide bonds. The molecule has 1 atom stereocenters. The minimum absolute atomic E-state index is 0.125. The Morgan fingerprint density at radius 2 is 1.84 bits per heavy atom. The predicted molar refractivity (Wildman–Crippen MR) is 70.0 cm³/mol. The van der Waals surface area contributed by atoms with E-state index >= 15 is 0 Å². The van der Waals surface area contributed by atoms with E-state index in [-0.39, 0.29) is 6.04 Å². The average molecular weight is 266 g/mol. The van der Waals surface area contributed by atoms with E-state index in [9.17, 15) is 4.79 Å². The number of hydrogen-bond acceptors (Lipinski definition) is 5. The Balaban J connectivity index is 1.98. The molecule has 0 aromatic heterocycles. The van der Waals surface area contributed by atoms with Gasteiger partial charge in [0.2, 0.25) is 0 Å². The number of nitrogens with one attached hydrogen (secondary N) is 2. The van der Waals surface area contributed by atoms with E-state index in [0.717, 1.165) is 19.5 Å². The van der Waals surface area contributed by atoms with Crippen molar-refractivity contribution in [3.63, 3.8) is 0 Å². The molecule has 1 aromatic carbocycles. The van der Waals surface area contributed by atoms with Crippen LogP contribution in [-0.4, -0.2) is 39.4 Å². The molecule has 0 spiro atoms. The van der Waals surface area contributed by atoms with Crippen LogP contribution in [0.1, 0.15) is 6.42 Å². The molecule has 0 bridgehead atoms. The highest BCUT2D eigenvalue weighted by Gasteiger charge is 2.18. The van der Waals surface area contributed by atoms with E-state index < -0.39 is 6.09 Å². The first-order chi connectivity index (χ1) is 9.21. The van der Waals surface area contributed by atoms with Crippen LogP contribution >= 0.6 is 0 Å². The van der Waals surface area contributed by atoms with Gasteiger partial charge in [0, 0.05) is 30.8 Å². The Labute approximate surface area is 112 Å². The van der Waals surface area contributed by atoms with E-state index in [2.05, 4.69) is 10.6 Å². The highest BCUT2D eigenvalue weighted by Crippen LogP contribution is 2.27. The summed E-state index contributed by atoms with van der Waals surface area (Å²) in [6, 6.07) is 5.11. The fourth-order valence-electron chi connectivity index (χ4n) is 1.92. The van der Waals surface area contributed by atoms with Crippen molar-refractivity contribution >= 4 is 6.09 Å². The summed E-state index contributed by atoms with van der Waals surface area (Å²) in [6.07, 6.45) is 0.445. The second kappa shape index (κ2) is 6.29. The zero-order valence-corrected chi connectivity index (χ0v) is 11.1. The van der Waals surface area contributed by atoms with Crippen LogP contribution in [-0.2, 0) is 0 Å². The first-order valence-electron chi connectivity index (χ1n) is 6.13. The van der Waals surface area contributed by atoms with Crippen LogP contribution in [0.4, 0.5) is 4.79 Å². The highest BCUT2D eigenvalue weighted by molar-refractivity contribution is 5.71. The predicted octanol–water partition coefficient (Wildman–Crippen LogP) is 1.15. The second-order valence-electron chi connectivity index (χ2n) is 4.27. The molecule has 19 heavy (non-hydrogen) atoms. The van der Waals surface area contributed by atoms with E-state index in [1.807, 2.05) is 0 Å². The van der Waals surface area contributed by atoms with E-state index in [1.165, 1.54) is 0 Å². The van der Waals surface area contributed by atoms with Crippen LogP contribution in [0.15, 0.2) is 18.2 Å². The minimum atomic E-state index is -0.469. The molecule has 6 heteroatoms. The molecule has 0 aliphatic carbocycles. The van der Waals surface area contributed by atoms with Gasteiger partial charge in [-0.05, 0) is 13.0 Å². The van der Waals surface area contributed by atoms with Crippen LogP contribution in [0, 0.1) is 0 Å². The number of amides is 1. The number of hydrogen-bond donors (Lipinski definition) is 2. The van der Waals surface area contributed by atoms with Gasteiger partial charge in [0.1, 0.15) is 17.2 Å². The van der Waals surface area contributed by atoms with Crippen LogP contribution < -0.4 is 24.8 Å². The maximum Gasteiger partial charge on any atom is 0.412 e. The lowest BCUT2D eigenvalue weighted by atomic mass is 10.3. The van der Waals surface area contributed by atoms with Crippen molar-refractivity contribution < 1.29 is 19.0 Å². The van der Waals surface area contributed by atoms with Crippen molar-refractivity contribution in [1.82, 2.24) is 10.6 Å². The van der Waals surface area contributed by atoms with Crippen LogP contribution in [0.3, 0.4) is 0 Å². The van der Waals surface area contributed by atoms with Gasteiger partial charge in [0.05, 0.1) is 14.2 Å². The van der Waals surface area contributed by atoms with Gasteiger partial charge in [-0.1, -0.05) is 0 Å². The number of carbonyl (C=O) groups is 1. The lowest BCUT2D eigenvalue weighted by Gasteiger charge is -2.12. The molecule has 1 aliphatic rings. The fraction of sp³-hybridized carbons (Fsp3) is 0.462. The van der Waals surface area contributed by atoms with Crippen molar-refractivity contribution in [2.45, 2.75) is 12.5 Å². The molecular weight excluding hydrogens is 248 g/mol. The Bertz CT molecular complexity index is 422. The normalized spacial score (nSPS) is 17.9. The molecule has 1 aromatic rings. The number of carbonyl (C=O) groups excluding carboxylic acids is 1. The Morgan fingerprint density at radius 1 is 1.21 bits per heavy atom. The molecule has 1 saturated heterocycles. The van der Waals surface area contributed by atoms with Crippen molar-refractivity contribution in [1.29, 1.82) is 0 Å². The second-order valence-corrected chi connectivity index (χ2v) is 4.27. The third-order valence-corrected chi connectivity index (χ3v) is 2.92. The molecule has 2 N–H and O–H groups in total. The summed E-state index contributed by atoms with van der Waals surface area (Å²) in [5, 5.41) is 5.96. The maximum atomic E-state index is 11.7. The SMILES string of the molecule is COc1cc(OC)cc(OC(=O)NC2CCNC2)c1. The van der Waals surface area contributed by atoms with Crippen LogP contribution in [0.2, 0.25) is 0 Å². The van der Waals surface area contributed by atoms with Crippen molar-refractivity contribution in [3.05, 3.63) is 18.2 Å². The van der Waals surface area contributed by atoms with Gasteiger partial charge in [0.15, 0.2) is 0 Å². The summed E-state index contributed by atoms with van der Waals surface area (Å²) in [5.41, 5.74) is 0. The van der Waals surface area contributed by atoms with Crippen molar-refractivity contribution in [2.75, 3.05) is 27.3 Å². The monoisotopic (exact) mass is 266 g/mol. The van der Waals surface area contributed by atoms with Crippen molar-refractivity contribution in [2.24, 2.45) is 0 Å². The molecule has 1 fully saturated rings. The van der Waals surface area contributed by atoms with Gasteiger partial charge in [-0.15, -0.1) is 0 Å². The largest absolute Gasteiger partial charge is 0.496 e. The molecule has 1 heterocycles. The molecule has 104 valence electrons. The molecule has 6 nitrogen and oxygen atoms in total. The first kappa shape index (κ1) is 13.5. The van der Waals surface area contributed by atoms with Crippen LogP contribution in [0.5, 0.6) is 17.2 Å². The lowest BCUT2D eigenvalue weighted by Crippen LogP contribution is -2.38. The summed E-state index contributed by atoms with van der Waals surface area (Å²) in [5.74, 6) is 1.54. The van der Waals surface area contributed by atoms with Crippen LogP contribution in [0.25, 0.3) is 0 Å². The number of benzene rings is 1. The maximum absolute atomic E-state index is 11.7. The van der Waals surface area contributed by atoms with Crippen molar-refractivity contribution in [3.8, 4) is 17.2 Å². The summed E-state index contributed by atoms with van der Waals surface area (Å²) < 4.78 is 15.4. The quantitative estimate of drug-likeness (QED) is 0.855. The minimum Gasteiger partial charge on any atom is -0.496 e. The number of rotatable bonds is 4. The molecule has 1 aliphatic heterocycles. The van der Waals surface area contributed by atoms with Gasteiger partial charge in [-0.3, -0.25) is 0 Å². The zero-order chi connectivity index (χ0) is 13.7. The highest BCUT2D eigenvalue weighted by atomic mass is 16.6. The van der Waals surface area contributed by atoms with Gasteiger partial charge < -0.3 is 24.8 Å². The summed E-state index contributed by atoms with van der Waals surface area (Å²) in [6.45, 7) is 1.69. The Kier molecular flexibility index (Phi) is 4.46. The Morgan fingerprint density at radius 3 is 2.37 bits per heavy atom. The standard InChI is InChI=1S/C13H18N2O4/c1-17-10-5-11(18-2)7-12(6-10)19-13(16)15-9-3-4-14-8-9/h5-7,9,14H,3-4,8H2,1-2H3,(H,15,16).